The average molecular weight is 345 g/mol. The number of urea groups is 1. The van der Waals surface area contributed by atoms with E-state index >= 15 is 0 Å². The van der Waals surface area contributed by atoms with Crippen molar-refractivity contribution in [2.24, 2.45) is 0 Å². The Hall–Kier alpha value is -0.860. The first kappa shape index (κ1) is 17.0. The van der Waals surface area contributed by atoms with Crippen molar-refractivity contribution in [3.8, 4) is 0 Å². The lowest BCUT2D eigenvalue weighted by atomic mass is 9.90. The van der Waals surface area contributed by atoms with Gasteiger partial charge in [-0.1, -0.05) is 0 Å². The maximum Gasteiger partial charge on any atom is 0.317 e. The molecule has 23 heavy (non-hydrogen) atoms. The maximum atomic E-state index is 12.1. The van der Waals surface area contributed by atoms with E-state index in [2.05, 4.69) is 5.32 Å². The third kappa shape index (κ3) is 3.97. The zero-order valence-electron chi connectivity index (χ0n) is 13.8. The van der Waals surface area contributed by atoms with Crippen LogP contribution in [0.2, 0.25) is 0 Å². The minimum absolute atomic E-state index is 0.00471. The lowest BCUT2D eigenvalue weighted by Crippen LogP contribution is -2.48. The van der Waals surface area contributed by atoms with Crippen molar-refractivity contribution >= 4 is 16.1 Å². The molecule has 3 saturated heterocycles. The Morgan fingerprint density at radius 2 is 1.96 bits per heavy atom. The van der Waals surface area contributed by atoms with E-state index in [-0.39, 0.29) is 17.7 Å². The number of amides is 2. The zero-order chi connectivity index (χ0) is 16.5. The van der Waals surface area contributed by atoms with Gasteiger partial charge in [0.1, 0.15) is 0 Å². The van der Waals surface area contributed by atoms with Crippen molar-refractivity contribution in [1.29, 1.82) is 0 Å². The first-order chi connectivity index (χ1) is 10.9. The van der Waals surface area contributed by atoms with E-state index < -0.39 is 10.0 Å². The molecule has 3 fully saturated rings. The fourth-order valence-electron chi connectivity index (χ4n) is 3.89. The van der Waals surface area contributed by atoms with Crippen LogP contribution in [0.3, 0.4) is 0 Å². The van der Waals surface area contributed by atoms with Gasteiger partial charge in [-0.3, -0.25) is 0 Å². The van der Waals surface area contributed by atoms with Crippen LogP contribution in [-0.4, -0.2) is 74.3 Å². The topological polar surface area (TPSA) is 79.0 Å². The van der Waals surface area contributed by atoms with E-state index in [9.17, 15) is 13.2 Å². The summed E-state index contributed by atoms with van der Waals surface area (Å²) < 4.78 is 31.2. The van der Waals surface area contributed by atoms with E-state index in [0.29, 0.717) is 19.6 Å². The molecule has 8 heteroatoms. The molecule has 0 unspecified atom stereocenters. The standard InChI is InChI=1S/C15H27N3O4S/c1-23(20,21)18-10-7-15(12-18)6-4-5-13(22-15)11-16-14(19)17-8-2-3-9-17/h13H,2-12H2,1H3,(H,16,19)/t13-,15+/m1/s1. The van der Waals surface area contributed by atoms with Gasteiger partial charge < -0.3 is 15.0 Å². The number of ether oxygens (including phenoxy) is 1. The average Bonchev–Trinajstić information content (AvgIpc) is 3.15. The van der Waals surface area contributed by atoms with Crippen LogP contribution in [0.1, 0.15) is 38.5 Å². The summed E-state index contributed by atoms with van der Waals surface area (Å²) in [7, 11) is -3.16. The fraction of sp³-hybridized carbons (Fsp3) is 0.933. The lowest BCUT2D eigenvalue weighted by molar-refractivity contribution is -0.116. The van der Waals surface area contributed by atoms with Crippen LogP contribution in [0, 0.1) is 0 Å². The van der Waals surface area contributed by atoms with Crippen LogP contribution in [0.25, 0.3) is 0 Å². The number of hydrogen-bond acceptors (Lipinski definition) is 4. The Labute approximate surface area is 138 Å². The Bertz CT molecular complexity index is 547. The van der Waals surface area contributed by atoms with Crippen LogP contribution < -0.4 is 5.32 Å². The summed E-state index contributed by atoms with van der Waals surface area (Å²) >= 11 is 0. The predicted octanol–water partition coefficient (Wildman–Crippen LogP) is 0.765. The number of likely N-dealkylation sites (tertiary alicyclic amines) is 1. The minimum Gasteiger partial charge on any atom is -0.369 e. The molecule has 0 aromatic rings. The number of carbonyl (C=O) groups is 1. The molecule has 2 amide bonds. The normalized spacial score (nSPS) is 32.6. The quantitative estimate of drug-likeness (QED) is 0.819. The van der Waals surface area contributed by atoms with Crippen molar-refractivity contribution < 1.29 is 17.9 Å². The second kappa shape index (κ2) is 6.57. The van der Waals surface area contributed by atoms with Crippen molar-refractivity contribution in [2.45, 2.75) is 50.2 Å². The van der Waals surface area contributed by atoms with Crippen molar-refractivity contribution in [3.63, 3.8) is 0 Å². The highest BCUT2D eigenvalue weighted by molar-refractivity contribution is 7.88. The molecule has 3 aliphatic rings. The second-order valence-corrected chi connectivity index (χ2v) is 9.02. The predicted molar refractivity (Wildman–Crippen MR) is 86.7 cm³/mol. The molecular weight excluding hydrogens is 318 g/mol. The molecule has 1 spiro atoms. The molecule has 132 valence electrons. The summed E-state index contributed by atoms with van der Waals surface area (Å²) in [5.74, 6) is 0. The molecule has 3 rings (SSSR count). The summed E-state index contributed by atoms with van der Waals surface area (Å²) in [5.41, 5.74) is -0.357. The highest BCUT2D eigenvalue weighted by Crippen LogP contribution is 2.37. The van der Waals surface area contributed by atoms with Gasteiger partial charge in [0.15, 0.2) is 0 Å². The molecular formula is C15H27N3O4S. The first-order valence-corrected chi connectivity index (χ1v) is 10.4. The summed E-state index contributed by atoms with van der Waals surface area (Å²) in [6.45, 7) is 3.17. The van der Waals surface area contributed by atoms with Gasteiger partial charge in [-0.05, 0) is 38.5 Å². The van der Waals surface area contributed by atoms with E-state index in [1.54, 1.807) is 0 Å². The zero-order valence-corrected chi connectivity index (χ0v) is 14.6. The number of nitrogens with zero attached hydrogens (tertiary/aromatic N) is 2. The van der Waals surface area contributed by atoms with Gasteiger partial charge in [0, 0.05) is 32.7 Å². The van der Waals surface area contributed by atoms with Gasteiger partial charge in [0.05, 0.1) is 18.0 Å². The van der Waals surface area contributed by atoms with Crippen LogP contribution in [-0.2, 0) is 14.8 Å². The van der Waals surface area contributed by atoms with Gasteiger partial charge in [-0.25, -0.2) is 13.2 Å². The molecule has 7 nitrogen and oxygen atoms in total. The Morgan fingerprint density at radius 3 is 2.61 bits per heavy atom. The largest absolute Gasteiger partial charge is 0.369 e. The summed E-state index contributed by atoms with van der Waals surface area (Å²) in [6.07, 6.45) is 6.97. The molecule has 0 radical (unpaired) electrons. The SMILES string of the molecule is CS(=O)(=O)N1CC[C@@]2(CCC[C@H](CNC(=O)N3CCCC3)O2)C1. The third-order valence-electron chi connectivity index (χ3n) is 5.20. The fourth-order valence-corrected chi connectivity index (χ4v) is 4.78. The summed E-state index contributed by atoms with van der Waals surface area (Å²) in [4.78, 5) is 13.9. The molecule has 0 aromatic heterocycles. The van der Waals surface area contributed by atoms with Crippen LogP contribution in [0.4, 0.5) is 4.79 Å². The van der Waals surface area contributed by atoms with E-state index in [0.717, 1.165) is 51.6 Å². The minimum atomic E-state index is -3.16. The molecule has 3 aliphatic heterocycles. The lowest BCUT2D eigenvalue weighted by Gasteiger charge is -2.38. The third-order valence-corrected chi connectivity index (χ3v) is 6.45. The molecule has 0 aromatic carbocycles. The molecule has 0 saturated carbocycles. The molecule has 1 N–H and O–H groups in total. The molecule has 2 atom stereocenters. The van der Waals surface area contributed by atoms with Gasteiger partial charge in [-0.15, -0.1) is 0 Å². The van der Waals surface area contributed by atoms with Crippen LogP contribution in [0.15, 0.2) is 0 Å². The Balaban J connectivity index is 1.51. The van der Waals surface area contributed by atoms with Gasteiger partial charge >= 0.3 is 6.03 Å². The monoisotopic (exact) mass is 345 g/mol. The molecule has 3 heterocycles. The summed E-state index contributed by atoms with van der Waals surface area (Å²) in [5, 5.41) is 2.97. The van der Waals surface area contributed by atoms with Gasteiger partial charge in [-0.2, -0.15) is 4.31 Å². The van der Waals surface area contributed by atoms with Crippen LogP contribution in [0.5, 0.6) is 0 Å². The van der Waals surface area contributed by atoms with E-state index in [1.165, 1.54) is 10.6 Å². The Kier molecular flexibility index (Phi) is 4.85. The van der Waals surface area contributed by atoms with E-state index in [1.807, 2.05) is 4.90 Å². The van der Waals surface area contributed by atoms with E-state index in [4.69, 9.17) is 4.74 Å². The maximum absolute atomic E-state index is 12.1. The number of hydrogen-bond donors (Lipinski definition) is 1. The highest BCUT2D eigenvalue weighted by Gasteiger charge is 2.45. The number of rotatable bonds is 3. The summed E-state index contributed by atoms with van der Waals surface area (Å²) in [6, 6.07) is -0.00471. The first-order valence-electron chi connectivity index (χ1n) is 8.54. The van der Waals surface area contributed by atoms with Gasteiger partial charge in [0.25, 0.3) is 0 Å². The van der Waals surface area contributed by atoms with Crippen molar-refractivity contribution in [2.75, 3.05) is 39.0 Å². The second-order valence-electron chi connectivity index (χ2n) is 7.04. The molecule has 0 bridgehead atoms. The number of carbonyl (C=O) groups excluding carboxylic acids is 1. The van der Waals surface area contributed by atoms with Crippen molar-refractivity contribution in [3.05, 3.63) is 0 Å². The number of sulfonamides is 1. The van der Waals surface area contributed by atoms with Crippen molar-refractivity contribution in [1.82, 2.24) is 14.5 Å². The highest BCUT2D eigenvalue weighted by atomic mass is 32.2. The smallest absolute Gasteiger partial charge is 0.317 e. The number of nitrogens with one attached hydrogen (secondary N) is 1. The van der Waals surface area contributed by atoms with Crippen LogP contribution >= 0.6 is 0 Å². The van der Waals surface area contributed by atoms with Gasteiger partial charge in [0.2, 0.25) is 10.0 Å². The molecule has 0 aliphatic carbocycles. The Morgan fingerprint density at radius 1 is 1.22 bits per heavy atom.